The fraction of sp³-hybridized carbons (Fsp3) is 0. The molecule has 0 atom stereocenters. The van der Waals surface area contributed by atoms with E-state index in [1.54, 1.807) is 0 Å². The van der Waals surface area contributed by atoms with Crippen LogP contribution >= 0.6 is 0 Å². The van der Waals surface area contributed by atoms with E-state index in [4.69, 9.17) is 5.11 Å². The minimum absolute atomic E-state index is 0. The van der Waals surface area contributed by atoms with E-state index in [0.717, 1.165) is 36.4 Å². The number of benzene rings is 2. The van der Waals surface area contributed by atoms with Crippen molar-refractivity contribution in [2.75, 3.05) is 0 Å². The number of carboxylic acid groups (broad SMARTS) is 4. The summed E-state index contributed by atoms with van der Waals surface area (Å²) in [6.07, 6.45) is 0. The third-order valence-corrected chi connectivity index (χ3v) is 3.45. The molecule has 0 spiro atoms. The van der Waals surface area contributed by atoms with Gasteiger partial charge in [-0.15, -0.1) is 0 Å². The standard InChI is InChI=1S/C17H10O9.3Cs/c18-13(7-1-3-9(14(19)20)11(5-7)16(23)24)8-2-4-10(15(21)22)12(6-8)17(25)26;;;/h1-6H,(H,19,20)(H,21,22)(H,23,24)(H,25,26);;;/q;3*+1/p-3. The van der Waals surface area contributed by atoms with Crippen LogP contribution in [0.4, 0.5) is 0 Å². The average Bonchev–Trinajstić information content (AvgIpc) is 2.59. The fourth-order valence-electron chi connectivity index (χ4n) is 2.24. The maximum absolute atomic E-state index is 12.4. The van der Waals surface area contributed by atoms with Gasteiger partial charge in [0, 0.05) is 27.8 Å². The Bertz CT molecular complexity index is 909. The molecular formula is C17H7Cs3O9. The van der Waals surface area contributed by atoms with E-state index < -0.39 is 51.9 Å². The molecule has 9 nitrogen and oxygen atoms in total. The Morgan fingerprint density at radius 3 is 1.28 bits per heavy atom. The molecule has 0 radical (unpaired) electrons. The first-order chi connectivity index (χ1) is 12.1. The minimum atomic E-state index is -1.85. The Labute approximate surface area is 340 Å². The van der Waals surface area contributed by atoms with Gasteiger partial charge in [0.1, 0.15) is 0 Å². The van der Waals surface area contributed by atoms with Gasteiger partial charge in [-0.05, 0) is 18.2 Å². The van der Waals surface area contributed by atoms with Gasteiger partial charge in [-0.3, -0.25) is 4.79 Å². The predicted octanol–water partition coefficient (Wildman–Crippen LogP) is -11.3. The van der Waals surface area contributed by atoms with E-state index in [1.165, 1.54) is 0 Å². The summed E-state index contributed by atoms with van der Waals surface area (Å²) >= 11 is 0. The summed E-state index contributed by atoms with van der Waals surface area (Å²) in [6, 6.07) is 5.27. The SMILES string of the molecule is O=C(c1ccc(C(=O)[O-])c(C(=O)[O-])c1)c1ccc(C(=O)O)c(C(=O)[O-])c1.[Cs+].[Cs+].[Cs+]. The van der Waals surface area contributed by atoms with Crippen molar-refractivity contribution in [3.63, 3.8) is 0 Å². The number of aromatic carboxylic acids is 4. The summed E-state index contributed by atoms with van der Waals surface area (Å²) < 4.78 is 0. The second kappa shape index (κ2) is 15.1. The van der Waals surface area contributed by atoms with E-state index in [2.05, 4.69) is 0 Å². The topological polar surface area (TPSA) is 175 Å². The molecule has 0 heterocycles. The van der Waals surface area contributed by atoms with E-state index in [1.807, 2.05) is 0 Å². The van der Waals surface area contributed by atoms with Crippen molar-refractivity contribution in [3.8, 4) is 0 Å². The largest absolute Gasteiger partial charge is 1.00 e. The summed E-state index contributed by atoms with van der Waals surface area (Å²) in [5, 5.41) is 41.9. The summed E-state index contributed by atoms with van der Waals surface area (Å²) in [5.74, 6) is -7.86. The monoisotopic (exact) mass is 754 g/mol. The molecule has 0 unspecified atom stereocenters. The van der Waals surface area contributed by atoms with Crippen LogP contribution in [-0.2, 0) is 0 Å². The zero-order valence-electron chi connectivity index (χ0n) is 15.7. The zero-order chi connectivity index (χ0) is 19.6. The Hall–Kier alpha value is 2.15. The molecule has 132 valence electrons. The number of carboxylic acids is 4. The number of rotatable bonds is 6. The van der Waals surface area contributed by atoms with Gasteiger partial charge in [-0.25, -0.2) is 4.79 Å². The molecule has 0 saturated heterocycles. The average molecular weight is 754 g/mol. The van der Waals surface area contributed by atoms with Crippen LogP contribution in [0.1, 0.15) is 57.4 Å². The van der Waals surface area contributed by atoms with Crippen molar-refractivity contribution >= 4 is 29.7 Å². The Kier molecular flexibility index (Phi) is 17.4. The van der Waals surface area contributed by atoms with Crippen molar-refractivity contribution < 1.29 is 251 Å². The maximum atomic E-state index is 12.4. The third kappa shape index (κ3) is 8.78. The molecule has 2 aromatic carbocycles. The molecule has 0 aromatic heterocycles. The third-order valence-electron chi connectivity index (χ3n) is 3.45. The first kappa shape index (κ1) is 33.3. The smallest absolute Gasteiger partial charge is 0.545 e. The summed E-state index contributed by atoms with van der Waals surface area (Å²) in [6.45, 7) is 0. The first-order valence-electron chi connectivity index (χ1n) is 6.83. The van der Waals surface area contributed by atoms with Crippen LogP contribution in [0.15, 0.2) is 36.4 Å². The van der Waals surface area contributed by atoms with Crippen LogP contribution < -0.4 is 222 Å². The second-order valence-electron chi connectivity index (χ2n) is 5.02. The maximum Gasteiger partial charge on any atom is 1.00 e. The van der Waals surface area contributed by atoms with Crippen molar-refractivity contribution in [3.05, 3.63) is 69.8 Å². The van der Waals surface area contributed by atoms with Gasteiger partial charge >= 0.3 is 213 Å². The fourth-order valence-corrected chi connectivity index (χ4v) is 2.24. The summed E-state index contributed by atoms with van der Waals surface area (Å²) in [7, 11) is 0. The van der Waals surface area contributed by atoms with E-state index in [9.17, 15) is 39.3 Å². The Morgan fingerprint density at radius 1 is 0.586 bits per heavy atom. The van der Waals surface area contributed by atoms with Gasteiger partial charge in [-0.1, -0.05) is 18.2 Å². The number of hydrogen-bond donors (Lipinski definition) is 1. The van der Waals surface area contributed by atoms with E-state index in [0.29, 0.717) is 0 Å². The summed E-state index contributed by atoms with van der Waals surface area (Å²) in [4.78, 5) is 56.4. The zero-order valence-corrected chi connectivity index (χ0v) is 34.5. The van der Waals surface area contributed by atoms with Crippen molar-refractivity contribution in [1.29, 1.82) is 0 Å². The van der Waals surface area contributed by atoms with Gasteiger partial charge in [0.15, 0.2) is 5.78 Å². The van der Waals surface area contributed by atoms with Crippen LogP contribution in [0.5, 0.6) is 0 Å². The molecule has 0 amide bonds. The van der Waals surface area contributed by atoms with Crippen LogP contribution in [0.25, 0.3) is 0 Å². The van der Waals surface area contributed by atoms with Crippen molar-refractivity contribution in [2.45, 2.75) is 0 Å². The Morgan fingerprint density at radius 2 is 0.931 bits per heavy atom. The number of hydrogen-bond acceptors (Lipinski definition) is 8. The van der Waals surface area contributed by atoms with E-state index >= 15 is 0 Å². The van der Waals surface area contributed by atoms with Crippen LogP contribution in [-0.4, -0.2) is 34.8 Å². The molecule has 0 bridgehead atoms. The molecule has 0 saturated carbocycles. The van der Waals surface area contributed by atoms with Gasteiger partial charge in [0.05, 0.1) is 23.5 Å². The van der Waals surface area contributed by atoms with Gasteiger partial charge in [0.2, 0.25) is 0 Å². The van der Waals surface area contributed by atoms with Gasteiger partial charge < -0.3 is 34.8 Å². The molecular weight excluding hydrogens is 747 g/mol. The quantitative estimate of drug-likeness (QED) is 0.281. The number of ketones is 1. The van der Waals surface area contributed by atoms with Crippen LogP contribution in [0.3, 0.4) is 0 Å². The molecule has 0 aliphatic heterocycles. The van der Waals surface area contributed by atoms with Crippen molar-refractivity contribution in [2.24, 2.45) is 0 Å². The second-order valence-corrected chi connectivity index (χ2v) is 5.02. The molecule has 0 aliphatic rings. The molecule has 1 N–H and O–H groups in total. The predicted molar refractivity (Wildman–Crippen MR) is 76.3 cm³/mol. The molecule has 0 fully saturated rings. The van der Waals surface area contributed by atoms with Gasteiger partial charge in [0.25, 0.3) is 0 Å². The molecule has 2 aromatic rings. The van der Waals surface area contributed by atoms with Gasteiger partial charge in [-0.2, -0.15) is 0 Å². The first-order valence-corrected chi connectivity index (χ1v) is 6.83. The number of carbonyl (C=O) groups is 5. The molecule has 29 heavy (non-hydrogen) atoms. The normalized spacial score (nSPS) is 9.10. The summed E-state index contributed by atoms with van der Waals surface area (Å²) in [5.41, 5.74) is -3.36. The van der Waals surface area contributed by atoms with E-state index in [-0.39, 0.29) is 218 Å². The van der Waals surface area contributed by atoms with Crippen LogP contribution in [0.2, 0.25) is 0 Å². The number of carbonyl (C=O) groups excluding carboxylic acids is 4. The molecule has 2 rings (SSSR count). The van der Waals surface area contributed by atoms with Crippen LogP contribution in [0, 0.1) is 0 Å². The molecule has 12 heteroatoms. The Balaban J connectivity index is 0. The van der Waals surface area contributed by atoms with Crippen molar-refractivity contribution in [1.82, 2.24) is 0 Å². The molecule has 0 aliphatic carbocycles. The minimum Gasteiger partial charge on any atom is -0.545 e.